The van der Waals surface area contributed by atoms with Crippen molar-refractivity contribution in [3.63, 3.8) is 0 Å². The molecule has 0 aliphatic heterocycles. The Morgan fingerprint density at radius 3 is 2.65 bits per heavy atom. The smallest absolute Gasteiger partial charge is 0.0465 e. The predicted octanol–water partition coefficient (Wildman–Crippen LogP) is 3.14. The van der Waals surface area contributed by atoms with Crippen molar-refractivity contribution in [3.05, 3.63) is 60.2 Å². The molecule has 0 amide bonds. The summed E-state index contributed by atoms with van der Waals surface area (Å²) in [6.07, 6.45) is 5.67. The van der Waals surface area contributed by atoms with Crippen LogP contribution in [0.2, 0.25) is 0 Å². The molecule has 17 heavy (non-hydrogen) atoms. The Morgan fingerprint density at radius 1 is 1.18 bits per heavy atom. The van der Waals surface area contributed by atoms with Crippen LogP contribution in [0.1, 0.15) is 17.9 Å². The van der Waals surface area contributed by atoms with Gasteiger partial charge < -0.3 is 5.11 Å². The van der Waals surface area contributed by atoms with E-state index in [0.717, 1.165) is 6.42 Å². The van der Waals surface area contributed by atoms with Gasteiger partial charge in [0.2, 0.25) is 0 Å². The molecule has 2 aliphatic carbocycles. The van der Waals surface area contributed by atoms with E-state index in [-0.39, 0.29) is 6.61 Å². The maximum absolute atomic E-state index is 9.53. The molecule has 2 bridgehead atoms. The summed E-state index contributed by atoms with van der Waals surface area (Å²) >= 11 is 0. The molecule has 0 saturated heterocycles. The maximum Gasteiger partial charge on any atom is 0.0465 e. The van der Waals surface area contributed by atoms with E-state index in [9.17, 15) is 5.11 Å². The molecule has 4 atom stereocenters. The van der Waals surface area contributed by atoms with Crippen molar-refractivity contribution >= 4 is 0 Å². The van der Waals surface area contributed by atoms with Gasteiger partial charge in [0.05, 0.1) is 0 Å². The minimum atomic E-state index is 0.283. The fourth-order valence-electron chi connectivity index (χ4n) is 3.46. The lowest BCUT2D eigenvalue weighted by atomic mass is 9.75. The average Bonchev–Trinajstić information content (AvgIpc) is 2.59. The summed E-state index contributed by atoms with van der Waals surface area (Å²) in [5.41, 5.74) is 2.66. The van der Waals surface area contributed by atoms with Crippen molar-refractivity contribution in [1.82, 2.24) is 0 Å². The Kier molecular flexibility index (Phi) is 2.64. The van der Waals surface area contributed by atoms with Gasteiger partial charge in [-0.05, 0) is 29.7 Å². The van der Waals surface area contributed by atoms with Gasteiger partial charge in [0.15, 0.2) is 0 Å². The molecule has 1 heteroatoms. The fourth-order valence-corrected chi connectivity index (χ4v) is 3.46. The van der Waals surface area contributed by atoms with Crippen LogP contribution >= 0.6 is 0 Å². The van der Waals surface area contributed by atoms with Crippen LogP contribution in [0.5, 0.6) is 0 Å². The van der Waals surface area contributed by atoms with E-state index in [4.69, 9.17) is 0 Å². The van der Waals surface area contributed by atoms with Crippen LogP contribution in [0.3, 0.4) is 0 Å². The number of fused-ring (bicyclic) bond motifs is 2. The van der Waals surface area contributed by atoms with Crippen molar-refractivity contribution < 1.29 is 5.11 Å². The number of hydrogen-bond acceptors (Lipinski definition) is 1. The summed E-state index contributed by atoms with van der Waals surface area (Å²) in [6, 6.07) is 10.6. The first kappa shape index (κ1) is 10.8. The third kappa shape index (κ3) is 1.66. The predicted molar refractivity (Wildman–Crippen MR) is 69.6 cm³/mol. The molecule has 1 aromatic carbocycles. The van der Waals surface area contributed by atoms with Crippen LogP contribution in [0.25, 0.3) is 0 Å². The van der Waals surface area contributed by atoms with Crippen molar-refractivity contribution in [3.8, 4) is 0 Å². The largest absolute Gasteiger partial charge is 0.396 e. The Balaban J connectivity index is 1.99. The molecule has 1 aromatic rings. The Labute approximate surface area is 102 Å². The second-order valence-electron chi connectivity index (χ2n) is 5.21. The van der Waals surface area contributed by atoms with Crippen LogP contribution in [0.4, 0.5) is 0 Å². The van der Waals surface area contributed by atoms with E-state index in [0.29, 0.717) is 23.7 Å². The molecule has 0 spiro atoms. The quantitative estimate of drug-likeness (QED) is 0.768. The van der Waals surface area contributed by atoms with E-state index in [1.807, 2.05) is 6.07 Å². The van der Waals surface area contributed by atoms with Crippen molar-refractivity contribution in [2.24, 2.45) is 17.8 Å². The SMILES string of the molecule is C=C1[C@H]2[C@H](CO)C[C@@H]1C=C[C@H]2c1ccccc1. The van der Waals surface area contributed by atoms with Crippen LogP contribution in [0, 0.1) is 17.8 Å². The second kappa shape index (κ2) is 4.15. The highest BCUT2D eigenvalue weighted by molar-refractivity contribution is 5.36. The molecular formula is C16H18O. The van der Waals surface area contributed by atoms with Gasteiger partial charge in [0.25, 0.3) is 0 Å². The normalized spacial score (nSPS) is 35.2. The fraction of sp³-hybridized carbons (Fsp3) is 0.375. The molecule has 1 saturated carbocycles. The number of allylic oxidation sites excluding steroid dienone is 3. The summed E-state index contributed by atoms with van der Waals surface area (Å²) in [5, 5.41) is 9.53. The molecule has 0 unspecified atom stereocenters. The van der Waals surface area contributed by atoms with E-state index >= 15 is 0 Å². The first-order chi connectivity index (χ1) is 8.31. The van der Waals surface area contributed by atoms with Gasteiger partial charge in [-0.2, -0.15) is 0 Å². The molecule has 0 radical (unpaired) electrons. The van der Waals surface area contributed by atoms with Gasteiger partial charge in [0, 0.05) is 12.5 Å². The molecular weight excluding hydrogens is 208 g/mol. The monoisotopic (exact) mass is 226 g/mol. The zero-order valence-corrected chi connectivity index (χ0v) is 9.92. The average molecular weight is 226 g/mol. The van der Waals surface area contributed by atoms with Gasteiger partial charge in [-0.3, -0.25) is 0 Å². The number of hydrogen-bond donors (Lipinski definition) is 1. The highest BCUT2D eigenvalue weighted by Crippen LogP contribution is 2.51. The first-order valence-electron chi connectivity index (χ1n) is 6.34. The molecule has 1 nitrogen and oxygen atoms in total. The van der Waals surface area contributed by atoms with Gasteiger partial charge in [-0.1, -0.05) is 54.6 Å². The number of aliphatic hydroxyl groups excluding tert-OH is 1. The lowest BCUT2D eigenvalue weighted by molar-refractivity contribution is 0.196. The highest BCUT2D eigenvalue weighted by atomic mass is 16.3. The molecule has 1 N–H and O–H groups in total. The van der Waals surface area contributed by atoms with E-state index < -0.39 is 0 Å². The van der Waals surface area contributed by atoms with Crippen LogP contribution in [-0.4, -0.2) is 11.7 Å². The van der Waals surface area contributed by atoms with Crippen molar-refractivity contribution in [2.75, 3.05) is 6.61 Å². The zero-order chi connectivity index (χ0) is 11.8. The summed E-state index contributed by atoms with van der Waals surface area (Å²) < 4.78 is 0. The number of benzene rings is 1. The van der Waals surface area contributed by atoms with Gasteiger partial charge >= 0.3 is 0 Å². The van der Waals surface area contributed by atoms with Crippen molar-refractivity contribution in [2.45, 2.75) is 12.3 Å². The van der Waals surface area contributed by atoms with E-state index in [2.05, 4.69) is 43.0 Å². The zero-order valence-electron chi connectivity index (χ0n) is 9.92. The lowest BCUT2D eigenvalue weighted by Crippen LogP contribution is -2.21. The van der Waals surface area contributed by atoms with Crippen LogP contribution < -0.4 is 0 Å². The summed E-state index contributed by atoms with van der Waals surface area (Å²) in [4.78, 5) is 0. The highest BCUT2D eigenvalue weighted by Gasteiger charge is 2.42. The standard InChI is InChI=1S/C16H18O/c1-11-13-7-8-15(12-5-3-2-4-6-12)16(11)14(9-13)10-17/h2-8,13-17H,1,9-10H2/t13-,14-,15-,16-/m0/s1. The van der Waals surface area contributed by atoms with Gasteiger partial charge in [-0.25, -0.2) is 0 Å². The van der Waals surface area contributed by atoms with Crippen LogP contribution in [0.15, 0.2) is 54.6 Å². The molecule has 88 valence electrons. The summed E-state index contributed by atoms with van der Waals surface area (Å²) in [5.74, 6) is 1.71. The van der Waals surface area contributed by atoms with E-state index in [1.165, 1.54) is 11.1 Å². The topological polar surface area (TPSA) is 20.2 Å². The minimum Gasteiger partial charge on any atom is -0.396 e. The first-order valence-corrected chi connectivity index (χ1v) is 6.34. The Hall–Kier alpha value is -1.34. The van der Waals surface area contributed by atoms with Gasteiger partial charge in [0.1, 0.15) is 0 Å². The number of aliphatic hydroxyl groups is 1. The minimum absolute atomic E-state index is 0.283. The maximum atomic E-state index is 9.53. The Bertz CT molecular complexity index is 446. The molecule has 1 fully saturated rings. The molecule has 2 aliphatic rings. The second-order valence-corrected chi connectivity index (χ2v) is 5.21. The summed E-state index contributed by atoms with van der Waals surface area (Å²) in [6.45, 7) is 4.53. The third-order valence-corrected chi connectivity index (χ3v) is 4.33. The van der Waals surface area contributed by atoms with Crippen LogP contribution in [-0.2, 0) is 0 Å². The van der Waals surface area contributed by atoms with Gasteiger partial charge in [-0.15, -0.1) is 0 Å². The molecule has 3 rings (SSSR count). The van der Waals surface area contributed by atoms with E-state index in [1.54, 1.807) is 0 Å². The number of rotatable bonds is 2. The lowest BCUT2D eigenvalue weighted by Gasteiger charge is -2.29. The third-order valence-electron chi connectivity index (χ3n) is 4.33. The summed E-state index contributed by atoms with van der Waals surface area (Å²) in [7, 11) is 0. The molecule has 0 heterocycles. The van der Waals surface area contributed by atoms with Crippen molar-refractivity contribution in [1.29, 1.82) is 0 Å². The molecule has 0 aromatic heterocycles. The Morgan fingerprint density at radius 2 is 1.94 bits per heavy atom.